The lowest BCUT2D eigenvalue weighted by Gasteiger charge is -2.26. The summed E-state index contributed by atoms with van der Waals surface area (Å²) in [5, 5.41) is 6.05. The van der Waals surface area contributed by atoms with Gasteiger partial charge in [-0.15, -0.1) is 0 Å². The number of aryl methyl sites for hydroxylation is 2. The molecule has 0 aromatic heterocycles. The van der Waals surface area contributed by atoms with Gasteiger partial charge >= 0.3 is 12.0 Å². The number of benzene rings is 2. The zero-order chi connectivity index (χ0) is 18.0. The van der Waals surface area contributed by atoms with Crippen molar-refractivity contribution < 1.29 is 14.3 Å². The normalized spacial score (nSPS) is 19.5. The third kappa shape index (κ3) is 3.74. The van der Waals surface area contributed by atoms with Crippen LogP contribution in [0.4, 0.5) is 16.2 Å². The zero-order valence-electron chi connectivity index (χ0n) is 14.4. The van der Waals surface area contributed by atoms with E-state index in [0.29, 0.717) is 5.69 Å². The van der Waals surface area contributed by atoms with Crippen LogP contribution >= 0.6 is 0 Å². The Morgan fingerprint density at radius 1 is 1.04 bits per heavy atom. The Balaban J connectivity index is 1.87. The smallest absolute Gasteiger partial charge is 0.326 e. The zero-order valence-corrected chi connectivity index (χ0v) is 14.4. The maximum atomic E-state index is 12.5. The van der Waals surface area contributed by atoms with Crippen LogP contribution in [0.3, 0.4) is 0 Å². The predicted octanol–water partition coefficient (Wildman–Crippen LogP) is 3.16. The minimum atomic E-state index is -0.783. The van der Waals surface area contributed by atoms with Gasteiger partial charge in [0.15, 0.2) is 6.17 Å². The molecule has 6 nitrogen and oxygen atoms in total. The highest BCUT2D eigenvalue weighted by Gasteiger charge is 2.42. The molecule has 1 heterocycles. The van der Waals surface area contributed by atoms with Crippen LogP contribution in [0.2, 0.25) is 0 Å². The van der Waals surface area contributed by atoms with E-state index in [0.717, 1.165) is 16.8 Å². The van der Waals surface area contributed by atoms with Crippen molar-refractivity contribution in [1.29, 1.82) is 0 Å². The molecule has 2 atom stereocenters. The fourth-order valence-corrected chi connectivity index (χ4v) is 2.74. The Labute approximate surface area is 146 Å². The number of carbonyl (C=O) groups excluding carboxylic acids is 2. The summed E-state index contributed by atoms with van der Waals surface area (Å²) in [7, 11) is 0. The molecule has 1 saturated heterocycles. The number of anilines is 2. The van der Waals surface area contributed by atoms with Gasteiger partial charge in [-0.3, -0.25) is 9.69 Å². The molecule has 0 bridgehead atoms. The summed E-state index contributed by atoms with van der Waals surface area (Å²) in [4.78, 5) is 25.5. The Morgan fingerprint density at radius 2 is 1.60 bits per heavy atom. The molecule has 25 heavy (non-hydrogen) atoms. The van der Waals surface area contributed by atoms with E-state index in [1.807, 2.05) is 62.4 Å². The van der Waals surface area contributed by atoms with Crippen molar-refractivity contribution in [3.05, 3.63) is 59.7 Å². The molecule has 1 fully saturated rings. The predicted molar refractivity (Wildman–Crippen MR) is 96.3 cm³/mol. The van der Waals surface area contributed by atoms with Crippen molar-refractivity contribution in [2.45, 2.75) is 33.2 Å². The van der Waals surface area contributed by atoms with Crippen LogP contribution in [0.15, 0.2) is 48.5 Å². The standard InChI is InChI=1S/C19H21N3O3/c1-12-4-8-15(9-5-12)20-17-18(25-14(3)23)22(19(24)21-17)16-10-6-13(2)7-11-16/h4-11,17-18,20H,1-3H3,(H,21,24). The lowest BCUT2D eigenvalue weighted by molar-refractivity contribution is -0.146. The van der Waals surface area contributed by atoms with Crippen LogP contribution in [-0.4, -0.2) is 24.4 Å². The molecule has 130 valence electrons. The number of nitrogens with one attached hydrogen (secondary N) is 2. The lowest BCUT2D eigenvalue weighted by Crippen LogP contribution is -2.44. The molecule has 2 unspecified atom stereocenters. The number of ether oxygens (including phenoxy) is 1. The molecule has 0 aliphatic carbocycles. The first kappa shape index (κ1) is 16.8. The molecule has 2 aromatic rings. The van der Waals surface area contributed by atoms with Crippen molar-refractivity contribution in [2.24, 2.45) is 0 Å². The lowest BCUT2D eigenvalue weighted by atomic mass is 10.2. The molecule has 0 radical (unpaired) electrons. The number of nitrogens with zero attached hydrogens (tertiary/aromatic N) is 1. The van der Waals surface area contributed by atoms with Gasteiger partial charge in [-0.25, -0.2) is 4.79 Å². The van der Waals surface area contributed by atoms with Gasteiger partial charge in [-0.1, -0.05) is 35.4 Å². The quantitative estimate of drug-likeness (QED) is 0.840. The number of urea groups is 1. The fourth-order valence-electron chi connectivity index (χ4n) is 2.74. The summed E-state index contributed by atoms with van der Waals surface area (Å²) >= 11 is 0. The van der Waals surface area contributed by atoms with Crippen LogP contribution < -0.4 is 15.5 Å². The molecular weight excluding hydrogens is 318 g/mol. The van der Waals surface area contributed by atoms with E-state index >= 15 is 0 Å². The second-order valence-electron chi connectivity index (χ2n) is 6.14. The Kier molecular flexibility index (Phi) is 4.61. The van der Waals surface area contributed by atoms with E-state index in [1.165, 1.54) is 11.8 Å². The molecule has 2 N–H and O–H groups in total. The third-order valence-electron chi connectivity index (χ3n) is 4.01. The van der Waals surface area contributed by atoms with Crippen LogP contribution in [-0.2, 0) is 9.53 Å². The molecule has 2 aromatic carbocycles. The fraction of sp³-hybridized carbons (Fsp3) is 0.263. The van der Waals surface area contributed by atoms with E-state index in [9.17, 15) is 9.59 Å². The maximum absolute atomic E-state index is 12.5. The van der Waals surface area contributed by atoms with Crippen molar-refractivity contribution in [1.82, 2.24) is 5.32 Å². The Bertz CT molecular complexity index is 772. The number of hydrogen-bond donors (Lipinski definition) is 2. The number of esters is 1. The molecule has 6 heteroatoms. The number of amides is 2. The maximum Gasteiger partial charge on any atom is 0.326 e. The van der Waals surface area contributed by atoms with E-state index in [-0.39, 0.29) is 6.03 Å². The Morgan fingerprint density at radius 3 is 2.16 bits per heavy atom. The Hall–Kier alpha value is -3.02. The van der Waals surface area contributed by atoms with Gasteiger partial charge in [0.05, 0.1) is 0 Å². The SMILES string of the molecule is CC(=O)OC1C(Nc2ccc(C)cc2)NC(=O)N1c1ccc(C)cc1. The van der Waals surface area contributed by atoms with Crippen LogP contribution in [0, 0.1) is 13.8 Å². The van der Waals surface area contributed by atoms with Gasteiger partial charge in [-0.05, 0) is 38.1 Å². The minimum Gasteiger partial charge on any atom is -0.437 e. The number of hydrogen-bond acceptors (Lipinski definition) is 4. The number of rotatable bonds is 4. The molecule has 2 amide bonds. The summed E-state index contributed by atoms with van der Waals surface area (Å²) in [6, 6.07) is 14.9. The van der Waals surface area contributed by atoms with E-state index in [4.69, 9.17) is 4.74 Å². The molecule has 1 aliphatic rings. The molecule has 0 saturated carbocycles. The van der Waals surface area contributed by atoms with Crippen LogP contribution in [0.5, 0.6) is 0 Å². The van der Waals surface area contributed by atoms with Gasteiger partial charge in [0.1, 0.15) is 0 Å². The highest BCUT2D eigenvalue weighted by Crippen LogP contribution is 2.26. The molecule has 3 rings (SSSR count). The van der Waals surface area contributed by atoms with E-state index in [1.54, 1.807) is 0 Å². The topological polar surface area (TPSA) is 70.7 Å². The van der Waals surface area contributed by atoms with E-state index < -0.39 is 18.4 Å². The summed E-state index contributed by atoms with van der Waals surface area (Å²) < 4.78 is 5.43. The van der Waals surface area contributed by atoms with Crippen LogP contribution in [0.1, 0.15) is 18.1 Å². The van der Waals surface area contributed by atoms with Gasteiger partial charge in [-0.2, -0.15) is 0 Å². The summed E-state index contributed by atoms with van der Waals surface area (Å²) in [5.41, 5.74) is 3.72. The molecular formula is C19H21N3O3. The third-order valence-corrected chi connectivity index (χ3v) is 4.01. The average molecular weight is 339 g/mol. The molecule has 1 aliphatic heterocycles. The van der Waals surface area contributed by atoms with E-state index in [2.05, 4.69) is 10.6 Å². The summed E-state index contributed by atoms with van der Waals surface area (Å²) in [6.07, 6.45) is -1.34. The van der Waals surface area contributed by atoms with Crippen molar-refractivity contribution in [3.8, 4) is 0 Å². The van der Waals surface area contributed by atoms with Gasteiger partial charge in [0.25, 0.3) is 0 Å². The highest BCUT2D eigenvalue weighted by molar-refractivity contribution is 5.96. The monoisotopic (exact) mass is 339 g/mol. The van der Waals surface area contributed by atoms with Gasteiger partial charge in [0, 0.05) is 18.3 Å². The summed E-state index contributed by atoms with van der Waals surface area (Å²) in [6.45, 7) is 5.31. The van der Waals surface area contributed by atoms with Crippen molar-refractivity contribution in [3.63, 3.8) is 0 Å². The average Bonchev–Trinajstić information content (AvgIpc) is 2.85. The van der Waals surface area contributed by atoms with Crippen LogP contribution in [0.25, 0.3) is 0 Å². The number of carbonyl (C=O) groups is 2. The molecule has 0 spiro atoms. The van der Waals surface area contributed by atoms with Gasteiger partial charge < -0.3 is 15.4 Å². The summed E-state index contributed by atoms with van der Waals surface area (Å²) in [5.74, 6) is -0.450. The largest absolute Gasteiger partial charge is 0.437 e. The first-order valence-electron chi connectivity index (χ1n) is 8.11. The highest BCUT2D eigenvalue weighted by atomic mass is 16.6. The second kappa shape index (κ2) is 6.84. The van der Waals surface area contributed by atoms with Crippen molar-refractivity contribution >= 4 is 23.4 Å². The second-order valence-corrected chi connectivity index (χ2v) is 6.14. The first-order chi connectivity index (χ1) is 11.9. The minimum absolute atomic E-state index is 0.320. The van der Waals surface area contributed by atoms with Crippen molar-refractivity contribution in [2.75, 3.05) is 10.2 Å². The first-order valence-corrected chi connectivity index (χ1v) is 8.11. The van der Waals surface area contributed by atoms with Gasteiger partial charge in [0.2, 0.25) is 6.23 Å².